The van der Waals surface area contributed by atoms with Crippen LogP contribution in [0.25, 0.3) is 0 Å². The van der Waals surface area contributed by atoms with E-state index in [1.165, 1.54) is 0 Å². The molecule has 0 bridgehead atoms. The number of rotatable bonds is 6. The molecule has 0 spiro atoms. The molecule has 326 valence electrons. The predicted octanol–water partition coefficient (Wildman–Crippen LogP) is 0.258. The van der Waals surface area contributed by atoms with Crippen molar-refractivity contribution in [1.82, 2.24) is 0 Å². The van der Waals surface area contributed by atoms with Crippen molar-refractivity contribution >= 4 is 5.97 Å². The fourth-order valence-corrected chi connectivity index (χ4v) is 13.9. The second-order valence-electron chi connectivity index (χ2n) is 20.5. The molecule has 15 nitrogen and oxygen atoms in total. The number of carbonyl (C=O) groups excluding carboxylic acids is 1. The Morgan fingerprint density at radius 1 is 0.754 bits per heavy atom. The van der Waals surface area contributed by atoms with Gasteiger partial charge in [-0.3, -0.25) is 4.79 Å². The number of allylic oxidation sites excluding steroid dienone is 1. The number of hydrogen-bond acceptors (Lipinski definition) is 15. The van der Waals surface area contributed by atoms with Crippen molar-refractivity contribution in [3.63, 3.8) is 0 Å². The summed E-state index contributed by atoms with van der Waals surface area (Å²) in [6.07, 6.45) is -10.2. The van der Waals surface area contributed by atoms with Crippen LogP contribution in [0.1, 0.15) is 99.8 Å². The summed E-state index contributed by atoms with van der Waals surface area (Å²) in [5, 5.41) is 107. The van der Waals surface area contributed by atoms with Crippen LogP contribution < -0.4 is 0 Å². The number of hydrogen-bond donors (Lipinski definition) is 10. The van der Waals surface area contributed by atoms with Gasteiger partial charge >= 0.3 is 5.97 Å². The van der Waals surface area contributed by atoms with Crippen molar-refractivity contribution in [3.05, 3.63) is 11.6 Å². The highest BCUT2D eigenvalue weighted by molar-refractivity contribution is 5.79. The average Bonchev–Trinajstić information content (AvgIpc) is 3.14. The molecular weight excluding hydrogens is 744 g/mol. The van der Waals surface area contributed by atoms with Gasteiger partial charge in [0.1, 0.15) is 48.8 Å². The van der Waals surface area contributed by atoms with Crippen LogP contribution in [0.5, 0.6) is 0 Å². The van der Waals surface area contributed by atoms with E-state index in [1.54, 1.807) is 6.92 Å². The van der Waals surface area contributed by atoms with E-state index in [4.69, 9.17) is 18.9 Å². The molecule has 21 atom stereocenters. The zero-order valence-electron chi connectivity index (χ0n) is 34.4. The lowest BCUT2D eigenvalue weighted by Gasteiger charge is -2.72. The zero-order valence-corrected chi connectivity index (χ0v) is 34.4. The minimum atomic E-state index is -1.75. The van der Waals surface area contributed by atoms with Crippen LogP contribution in [0.15, 0.2) is 11.6 Å². The number of esters is 1. The van der Waals surface area contributed by atoms with E-state index in [0.29, 0.717) is 38.5 Å². The maximum atomic E-state index is 14.6. The second-order valence-corrected chi connectivity index (χ2v) is 20.5. The minimum absolute atomic E-state index is 0.0499. The van der Waals surface area contributed by atoms with Crippen LogP contribution in [-0.4, -0.2) is 149 Å². The van der Waals surface area contributed by atoms with Crippen LogP contribution in [0.4, 0.5) is 0 Å². The third kappa shape index (κ3) is 6.18. The summed E-state index contributed by atoms with van der Waals surface area (Å²) in [6, 6.07) is 0. The van der Waals surface area contributed by atoms with Crippen LogP contribution >= 0.6 is 0 Å². The van der Waals surface area contributed by atoms with Crippen LogP contribution in [0.3, 0.4) is 0 Å². The smallest absolute Gasteiger partial charge is 0.315 e. The Morgan fingerprint density at radius 2 is 1.33 bits per heavy atom. The molecule has 2 aliphatic heterocycles. The Morgan fingerprint density at radius 3 is 1.93 bits per heavy atom. The highest BCUT2D eigenvalue weighted by Gasteiger charge is 2.72. The molecule has 6 fully saturated rings. The Hall–Kier alpha value is -1.31. The van der Waals surface area contributed by atoms with E-state index in [0.717, 1.165) is 18.4 Å². The van der Waals surface area contributed by atoms with E-state index in [9.17, 15) is 55.9 Å². The van der Waals surface area contributed by atoms with E-state index in [1.807, 2.05) is 6.92 Å². The molecule has 0 aromatic heterocycles. The molecule has 7 aliphatic rings. The Bertz CT molecular complexity index is 1550. The average molecular weight is 813 g/mol. The van der Waals surface area contributed by atoms with Crippen LogP contribution in [0.2, 0.25) is 0 Å². The lowest BCUT2D eigenvalue weighted by molar-refractivity contribution is -0.341. The summed E-state index contributed by atoms with van der Waals surface area (Å²) >= 11 is 0. The fraction of sp³-hybridized carbons (Fsp3) is 0.929. The van der Waals surface area contributed by atoms with Crippen molar-refractivity contribution in [1.29, 1.82) is 0 Å². The van der Waals surface area contributed by atoms with E-state index < -0.39 is 126 Å². The third-order valence-corrected chi connectivity index (χ3v) is 17.6. The van der Waals surface area contributed by atoms with Crippen molar-refractivity contribution in [2.75, 3.05) is 13.2 Å². The molecular formula is C42H68O15. The van der Waals surface area contributed by atoms with Crippen molar-refractivity contribution < 1.29 is 74.8 Å². The van der Waals surface area contributed by atoms with Crippen LogP contribution in [0, 0.1) is 50.7 Å². The molecule has 5 aliphatic carbocycles. The molecule has 0 amide bonds. The molecule has 10 N–H and O–H groups in total. The molecule has 15 heteroatoms. The predicted molar refractivity (Wildman–Crippen MR) is 200 cm³/mol. The summed E-state index contributed by atoms with van der Waals surface area (Å²) in [5.41, 5.74) is -3.32. The van der Waals surface area contributed by atoms with Crippen molar-refractivity contribution in [3.8, 4) is 0 Å². The number of aliphatic hydroxyl groups is 10. The van der Waals surface area contributed by atoms with Gasteiger partial charge in [0, 0.05) is 5.92 Å². The molecule has 7 rings (SSSR count). The quantitative estimate of drug-likeness (QED) is 0.0981. The Balaban J connectivity index is 1.20. The minimum Gasteiger partial charge on any atom is -0.432 e. The van der Waals surface area contributed by atoms with Crippen molar-refractivity contribution in [2.45, 2.75) is 179 Å². The number of aliphatic hydroxyl groups excluding tert-OH is 9. The molecule has 2 saturated heterocycles. The summed E-state index contributed by atoms with van der Waals surface area (Å²) in [7, 11) is 0. The zero-order chi connectivity index (χ0) is 42.0. The maximum Gasteiger partial charge on any atom is 0.315 e. The maximum absolute atomic E-state index is 14.6. The van der Waals surface area contributed by atoms with Gasteiger partial charge in [0.25, 0.3) is 0 Å². The van der Waals surface area contributed by atoms with Gasteiger partial charge < -0.3 is 70.0 Å². The van der Waals surface area contributed by atoms with Gasteiger partial charge in [-0.2, -0.15) is 0 Å². The summed E-state index contributed by atoms with van der Waals surface area (Å²) in [5.74, 6) is -1.32. The largest absolute Gasteiger partial charge is 0.432 e. The normalized spacial score (nSPS) is 56.0. The molecule has 4 saturated carbocycles. The molecule has 0 aromatic carbocycles. The second kappa shape index (κ2) is 14.7. The molecule has 0 radical (unpaired) electrons. The van der Waals surface area contributed by atoms with Gasteiger partial charge in [0.15, 0.2) is 6.29 Å². The van der Waals surface area contributed by atoms with Crippen LogP contribution in [-0.2, 0) is 23.7 Å². The third-order valence-electron chi connectivity index (χ3n) is 17.6. The number of carbonyl (C=O) groups is 1. The highest BCUT2D eigenvalue weighted by Crippen LogP contribution is 2.76. The Kier molecular flexibility index (Phi) is 11.3. The Labute approximate surface area is 335 Å². The molecule has 57 heavy (non-hydrogen) atoms. The van der Waals surface area contributed by atoms with E-state index in [-0.39, 0.29) is 23.2 Å². The summed E-state index contributed by atoms with van der Waals surface area (Å²) < 4.78 is 23.6. The first-order valence-electron chi connectivity index (χ1n) is 21.1. The summed E-state index contributed by atoms with van der Waals surface area (Å²) in [6.45, 7) is 13.5. The fourth-order valence-electron chi connectivity index (χ4n) is 13.9. The first-order valence-corrected chi connectivity index (χ1v) is 21.1. The molecule has 0 unspecified atom stereocenters. The van der Waals surface area contributed by atoms with Gasteiger partial charge in [-0.05, 0) is 97.7 Å². The van der Waals surface area contributed by atoms with Gasteiger partial charge in [0.2, 0.25) is 6.29 Å². The van der Waals surface area contributed by atoms with Crippen molar-refractivity contribution in [2.24, 2.45) is 50.7 Å². The topological polar surface area (TPSA) is 256 Å². The SMILES string of the molecule is C[C@@H]1CC[C@]2(C(=O)O[C@H]3O[C@@H](CO)[C@H](O)[C@@H](O)[C@@H]3O)CC[C@]3(C)C(=CC[C@H]4[C@@]5(C)C[C@@H](O)[C@H](O[C@H]6O[C@@H](CO)[C@H](O)[C@@H](O)[C@@H]6O)C(C)(C)[C@H]5CC[C@]43C)[C@@H]2[C@]1(C)O. The number of ether oxygens (including phenoxy) is 4. The van der Waals surface area contributed by atoms with Gasteiger partial charge in [-0.1, -0.05) is 53.2 Å². The highest BCUT2D eigenvalue weighted by atomic mass is 16.7. The monoisotopic (exact) mass is 812 g/mol. The molecule has 0 aromatic rings. The van der Waals surface area contributed by atoms with Gasteiger partial charge in [-0.25, -0.2) is 0 Å². The lowest BCUT2D eigenvalue weighted by Crippen LogP contribution is -2.70. The first kappa shape index (κ1) is 43.8. The van der Waals surface area contributed by atoms with E-state index >= 15 is 0 Å². The molecule has 2 heterocycles. The van der Waals surface area contributed by atoms with Gasteiger partial charge in [-0.15, -0.1) is 0 Å². The summed E-state index contributed by atoms with van der Waals surface area (Å²) in [4.78, 5) is 14.6. The standard InChI is InChI=1S/C42H68O15/c1-19-10-13-42(36(52)57-35-31(51)29(49)27(47)23(18-44)55-35)15-14-39(5)20(32(42)41(19,7)53)8-9-25-38(4)16-21(45)33(37(2,3)24(38)11-12-40(25,39)6)56-34-30(50)28(48)26(46)22(17-43)54-34/h8,19,21-35,43-51,53H,9-18H2,1-7H3/t19-,21-,22+,23+,24-,25+,26+,27+,28-,29-,30+,31+,32-,33+,34-,35-,38+,39-,40-,41-,42+/m1/s1. The first-order chi connectivity index (χ1) is 26.5. The lowest BCUT2D eigenvalue weighted by atomic mass is 9.33. The van der Waals surface area contributed by atoms with E-state index in [2.05, 4.69) is 40.7 Å². The number of fused-ring (bicyclic) bond motifs is 7. The van der Waals surface area contributed by atoms with Gasteiger partial charge in [0.05, 0.1) is 36.4 Å².